The third-order valence-electron chi connectivity index (χ3n) is 7.11. The molecule has 0 aromatic heterocycles. The molecule has 46 heavy (non-hydrogen) atoms. The van der Waals surface area contributed by atoms with Crippen LogP contribution in [0.3, 0.4) is 0 Å². The summed E-state index contributed by atoms with van der Waals surface area (Å²) in [6, 6.07) is 30.4. The Morgan fingerprint density at radius 2 is 1.11 bits per heavy atom. The zero-order chi connectivity index (χ0) is 32.8. The van der Waals surface area contributed by atoms with E-state index < -0.39 is 28.7 Å². The van der Waals surface area contributed by atoms with Gasteiger partial charge in [-0.1, -0.05) is 60.7 Å². The number of hydrogen-bond donors (Lipinski definition) is 4. The van der Waals surface area contributed by atoms with Crippen LogP contribution >= 0.6 is 0 Å². The number of hydrogen-bond acceptors (Lipinski definition) is 6. The monoisotopic (exact) mass is 615 g/mol. The van der Waals surface area contributed by atoms with Crippen LogP contribution < -0.4 is 10.6 Å². The second kappa shape index (κ2) is 13.3. The standard InChI is InChI=1S/C35H25N3O8/c39-32(25-13-11-24(12-14-25)23-5-2-1-3-6-23)36-30-15-9-21(18-28(30)34(41)42)17-22-10-16-31(29(19-22)35(43)44)37-33(40)26-7-4-8-27(20-26)38(45)46/h1-16,18-20H,17H2,(H,36,39)(H,37,40)(H,41,42)(H,43,44). The fraction of sp³-hybridized carbons (Fsp3) is 0.0286. The molecule has 5 aromatic rings. The van der Waals surface area contributed by atoms with Crippen molar-refractivity contribution < 1.29 is 34.3 Å². The highest BCUT2D eigenvalue weighted by atomic mass is 16.6. The lowest BCUT2D eigenvalue weighted by molar-refractivity contribution is -0.384. The summed E-state index contributed by atoms with van der Waals surface area (Å²) in [6.07, 6.45) is 0.148. The number of nitro benzene ring substituents is 1. The highest BCUT2D eigenvalue weighted by molar-refractivity contribution is 6.09. The molecule has 0 atom stereocenters. The molecule has 0 unspecified atom stereocenters. The number of rotatable bonds is 10. The number of carboxylic acid groups (broad SMARTS) is 2. The first-order chi connectivity index (χ1) is 22.1. The summed E-state index contributed by atoms with van der Waals surface area (Å²) in [5, 5.41) is 35.9. The molecule has 11 heteroatoms. The Kier molecular flexibility index (Phi) is 8.95. The summed E-state index contributed by atoms with van der Waals surface area (Å²) in [5.74, 6) is -3.79. The van der Waals surface area contributed by atoms with Crippen molar-refractivity contribution >= 4 is 40.8 Å². The predicted molar refractivity (Wildman–Crippen MR) is 170 cm³/mol. The highest BCUT2D eigenvalue weighted by Gasteiger charge is 2.18. The Labute approximate surface area is 261 Å². The second-order valence-electron chi connectivity index (χ2n) is 10.2. The lowest BCUT2D eigenvalue weighted by atomic mass is 9.99. The lowest BCUT2D eigenvalue weighted by Gasteiger charge is -2.13. The fourth-order valence-corrected chi connectivity index (χ4v) is 4.80. The van der Waals surface area contributed by atoms with Crippen LogP contribution in [-0.4, -0.2) is 38.9 Å². The number of aromatic carboxylic acids is 2. The van der Waals surface area contributed by atoms with Crippen molar-refractivity contribution in [3.8, 4) is 11.1 Å². The molecule has 0 saturated heterocycles. The number of benzene rings is 5. The minimum absolute atomic E-state index is 0.0196. The van der Waals surface area contributed by atoms with Crippen molar-refractivity contribution in [1.29, 1.82) is 0 Å². The average Bonchev–Trinajstić information content (AvgIpc) is 3.06. The average molecular weight is 616 g/mol. The van der Waals surface area contributed by atoms with E-state index in [2.05, 4.69) is 10.6 Å². The number of nitrogens with zero attached hydrogens (tertiary/aromatic N) is 1. The van der Waals surface area contributed by atoms with Crippen LogP contribution in [0.5, 0.6) is 0 Å². The topological polar surface area (TPSA) is 176 Å². The molecule has 11 nitrogen and oxygen atoms in total. The van der Waals surface area contributed by atoms with Gasteiger partial charge in [-0.05, 0) is 71.1 Å². The Balaban J connectivity index is 1.32. The summed E-state index contributed by atoms with van der Waals surface area (Å²) in [4.78, 5) is 60.2. The van der Waals surface area contributed by atoms with E-state index >= 15 is 0 Å². The summed E-state index contributed by atoms with van der Waals surface area (Å²) < 4.78 is 0. The molecule has 0 heterocycles. The molecule has 4 N–H and O–H groups in total. The molecular formula is C35H25N3O8. The molecule has 0 saturated carbocycles. The molecule has 0 aliphatic heterocycles. The van der Waals surface area contributed by atoms with Crippen LogP contribution in [0.25, 0.3) is 11.1 Å². The van der Waals surface area contributed by atoms with Crippen molar-refractivity contribution in [2.75, 3.05) is 10.6 Å². The number of carbonyl (C=O) groups is 4. The lowest BCUT2D eigenvalue weighted by Crippen LogP contribution is -2.15. The van der Waals surface area contributed by atoms with E-state index in [-0.39, 0.29) is 40.2 Å². The van der Waals surface area contributed by atoms with Gasteiger partial charge in [-0.25, -0.2) is 9.59 Å². The van der Waals surface area contributed by atoms with Crippen LogP contribution in [-0.2, 0) is 6.42 Å². The molecular weight excluding hydrogens is 590 g/mol. The van der Waals surface area contributed by atoms with Crippen LogP contribution in [0.2, 0.25) is 0 Å². The van der Waals surface area contributed by atoms with E-state index in [1.807, 2.05) is 30.3 Å². The quantitative estimate of drug-likeness (QED) is 0.0984. The first-order valence-corrected chi connectivity index (χ1v) is 13.8. The van der Waals surface area contributed by atoms with Gasteiger partial charge in [0.2, 0.25) is 0 Å². The van der Waals surface area contributed by atoms with E-state index in [1.54, 1.807) is 36.4 Å². The largest absolute Gasteiger partial charge is 0.478 e. The maximum Gasteiger partial charge on any atom is 0.337 e. The van der Waals surface area contributed by atoms with Gasteiger partial charge in [-0.15, -0.1) is 0 Å². The Hall–Kier alpha value is -6.62. The van der Waals surface area contributed by atoms with Crippen molar-refractivity contribution in [3.63, 3.8) is 0 Å². The van der Waals surface area contributed by atoms with Crippen LogP contribution in [0.1, 0.15) is 52.6 Å². The zero-order valence-electron chi connectivity index (χ0n) is 24.0. The number of amides is 2. The van der Waals surface area contributed by atoms with Crippen LogP contribution in [0.15, 0.2) is 115 Å². The number of anilines is 2. The van der Waals surface area contributed by atoms with Gasteiger partial charge in [0, 0.05) is 23.3 Å². The first kappa shape index (κ1) is 30.8. The molecule has 5 aromatic carbocycles. The van der Waals surface area contributed by atoms with E-state index in [1.165, 1.54) is 42.5 Å². The molecule has 5 rings (SSSR count). The van der Waals surface area contributed by atoms with Crippen LogP contribution in [0, 0.1) is 10.1 Å². The maximum atomic E-state index is 12.9. The molecule has 228 valence electrons. The Morgan fingerprint density at radius 1 is 0.587 bits per heavy atom. The second-order valence-corrected chi connectivity index (χ2v) is 10.2. The van der Waals surface area contributed by atoms with Crippen molar-refractivity contribution in [2.45, 2.75) is 6.42 Å². The van der Waals surface area contributed by atoms with Gasteiger partial charge in [0.25, 0.3) is 17.5 Å². The molecule has 2 amide bonds. The van der Waals surface area contributed by atoms with E-state index in [4.69, 9.17) is 0 Å². The minimum Gasteiger partial charge on any atom is -0.478 e. The van der Waals surface area contributed by atoms with Gasteiger partial charge in [0.1, 0.15) is 0 Å². The van der Waals surface area contributed by atoms with Gasteiger partial charge in [0.05, 0.1) is 27.4 Å². The fourth-order valence-electron chi connectivity index (χ4n) is 4.80. The SMILES string of the molecule is O=C(Nc1ccc(Cc2ccc(NC(=O)c3cccc([N+](=O)[O-])c3)c(C(=O)O)c2)cc1C(=O)O)c1ccc(-c2ccccc2)cc1. The van der Waals surface area contributed by atoms with Crippen molar-refractivity contribution in [1.82, 2.24) is 0 Å². The van der Waals surface area contributed by atoms with Gasteiger partial charge < -0.3 is 20.8 Å². The van der Waals surface area contributed by atoms with Gasteiger partial charge in [-0.3, -0.25) is 19.7 Å². The normalized spacial score (nSPS) is 10.5. The Morgan fingerprint density at radius 3 is 1.63 bits per heavy atom. The number of nitro groups is 1. The highest BCUT2D eigenvalue weighted by Crippen LogP contribution is 2.25. The first-order valence-electron chi connectivity index (χ1n) is 13.8. The Bertz CT molecular complexity index is 1990. The third-order valence-corrected chi connectivity index (χ3v) is 7.11. The molecule has 0 spiro atoms. The van der Waals surface area contributed by atoms with Crippen molar-refractivity contribution in [2.24, 2.45) is 0 Å². The molecule has 0 aliphatic carbocycles. The van der Waals surface area contributed by atoms with E-state index in [0.29, 0.717) is 16.7 Å². The molecule has 0 bridgehead atoms. The van der Waals surface area contributed by atoms with Gasteiger partial charge in [0.15, 0.2) is 0 Å². The van der Waals surface area contributed by atoms with Gasteiger partial charge >= 0.3 is 11.9 Å². The van der Waals surface area contributed by atoms with E-state index in [0.717, 1.165) is 17.2 Å². The minimum atomic E-state index is -1.32. The summed E-state index contributed by atoms with van der Waals surface area (Å²) in [5.41, 5.74) is 2.71. The van der Waals surface area contributed by atoms with Gasteiger partial charge in [-0.2, -0.15) is 0 Å². The number of carboxylic acids is 2. The molecule has 0 aliphatic rings. The molecule has 0 radical (unpaired) electrons. The number of carbonyl (C=O) groups excluding carboxylic acids is 2. The summed E-state index contributed by atoms with van der Waals surface area (Å²) >= 11 is 0. The third kappa shape index (κ3) is 7.12. The number of nitrogens with one attached hydrogen (secondary N) is 2. The van der Waals surface area contributed by atoms with Crippen LogP contribution in [0.4, 0.5) is 17.1 Å². The predicted octanol–water partition coefficient (Wildman–Crippen LogP) is 6.75. The summed E-state index contributed by atoms with van der Waals surface area (Å²) in [6.45, 7) is 0. The van der Waals surface area contributed by atoms with Crippen molar-refractivity contribution in [3.05, 3.63) is 159 Å². The maximum absolute atomic E-state index is 12.9. The smallest absolute Gasteiger partial charge is 0.337 e. The number of non-ortho nitro benzene ring substituents is 1. The zero-order valence-corrected chi connectivity index (χ0v) is 24.0. The summed E-state index contributed by atoms with van der Waals surface area (Å²) in [7, 11) is 0. The van der Waals surface area contributed by atoms with E-state index in [9.17, 15) is 39.5 Å². The molecule has 0 fully saturated rings.